The molecule has 0 bridgehead atoms. The third-order valence-corrected chi connectivity index (χ3v) is 3.21. The number of carbonyl (C=O) groups excluding carboxylic acids is 1. The molecule has 0 saturated carbocycles. The maximum Gasteiger partial charge on any atom is 0.319 e. The van der Waals surface area contributed by atoms with E-state index in [9.17, 15) is 9.59 Å². The molecule has 0 aliphatic heterocycles. The molecule has 0 saturated heterocycles. The molecule has 1 aromatic heterocycles. The Balaban J connectivity index is 1.96. The highest BCUT2D eigenvalue weighted by atomic mass is 16.4. The van der Waals surface area contributed by atoms with Gasteiger partial charge in [-0.1, -0.05) is 13.0 Å². The number of hydrogen-bond donors (Lipinski definition) is 3. The summed E-state index contributed by atoms with van der Waals surface area (Å²) in [6.45, 7) is 1.88. The zero-order valence-corrected chi connectivity index (χ0v) is 11.7. The van der Waals surface area contributed by atoms with E-state index < -0.39 is 17.9 Å². The highest BCUT2D eigenvalue weighted by Gasteiger charge is 2.15. The number of carbonyl (C=O) groups is 2. The molecule has 6 nitrogen and oxygen atoms in total. The lowest BCUT2D eigenvalue weighted by Gasteiger charge is -2.12. The maximum atomic E-state index is 11.8. The van der Waals surface area contributed by atoms with Gasteiger partial charge in [-0.2, -0.15) is 0 Å². The van der Waals surface area contributed by atoms with Crippen LogP contribution < -0.4 is 10.6 Å². The van der Waals surface area contributed by atoms with Crippen molar-refractivity contribution >= 4 is 28.6 Å². The van der Waals surface area contributed by atoms with Gasteiger partial charge < -0.3 is 15.7 Å². The molecule has 0 fully saturated rings. The first-order chi connectivity index (χ1) is 10.1. The van der Waals surface area contributed by atoms with E-state index in [1.807, 2.05) is 24.3 Å². The van der Waals surface area contributed by atoms with Crippen LogP contribution in [0, 0.1) is 5.92 Å². The molecule has 110 valence electrons. The van der Waals surface area contributed by atoms with Gasteiger partial charge in [0.05, 0.1) is 11.4 Å². The van der Waals surface area contributed by atoms with Crippen molar-refractivity contribution in [2.45, 2.75) is 13.3 Å². The van der Waals surface area contributed by atoms with Crippen molar-refractivity contribution in [3.63, 3.8) is 0 Å². The third-order valence-electron chi connectivity index (χ3n) is 3.21. The zero-order valence-electron chi connectivity index (χ0n) is 11.7. The minimum absolute atomic E-state index is 0.104. The minimum atomic E-state index is -0.908. The van der Waals surface area contributed by atoms with E-state index in [2.05, 4.69) is 15.6 Å². The fourth-order valence-corrected chi connectivity index (χ4v) is 1.95. The van der Waals surface area contributed by atoms with Gasteiger partial charge in [-0.25, -0.2) is 4.79 Å². The Morgan fingerprint density at radius 2 is 2.14 bits per heavy atom. The first-order valence-corrected chi connectivity index (χ1v) is 6.72. The summed E-state index contributed by atoms with van der Waals surface area (Å²) in [6.07, 6.45) is 2.18. The number of hydrogen-bond acceptors (Lipinski definition) is 3. The number of nitrogens with zero attached hydrogens (tertiary/aromatic N) is 1. The second-order valence-corrected chi connectivity index (χ2v) is 4.69. The molecule has 1 unspecified atom stereocenters. The topological polar surface area (TPSA) is 91.3 Å². The summed E-state index contributed by atoms with van der Waals surface area (Å²) in [5.41, 5.74) is 1.48. The van der Waals surface area contributed by atoms with Gasteiger partial charge in [-0.3, -0.25) is 9.78 Å². The van der Waals surface area contributed by atoms with Crippen LogP contribution in [0.2, 0.25) is 0 Å². The van der Waals surface area contributed by atoms with Crippen molar-refractivity contribution < 1.29 is 14.7 Å². The van der Waals surface area contributed by atoms with Gasteiger partial charge in [0, 0.05) is 23.8 Å². The molecule has 2 amide bonds. The van der Waals surface area contributed by atoms with Gasteiger partial charge in [-0.05, 0) is 30.7 Å². The first-order valence-electron chi connectivity index (χ1n) is 6.72. The Kier molecular flexibility index (Phi) is 4.71. The van der Waals surface area contributed by atoms with E-state index in [-0.39, 0.29) is 6.54 Å². The van der Waals surface area contributed by atoms with E-state index in [4.69, 9.17) is 5.11 Å². The van der Waals surface area contributed by atoms with Crippen LogP contribution in [0.5, 0.6) is 0 Å². The van der Waals surface area contributed by atoms with Crippen LogP contribution >= 0.6 is 0 Å². The largest absolute Gasteiger partial charge is 0.481 e. The lowest BCUT2D eigenvalue weighted by molar-refractivity contribution is -0.141. The zero-order chi connectivity index (χ0) is 15.2. The Bertz CT molecular complexity index is 657. The lowest BCUT2D eigenvalue weighted by atomic mass is 10.1. The number of anilines is 1. The van der Waals surface area contributed by atoms with Gasteiger partial charge in [0.15, 0.2) is 0 Å². The second-order valence-electron chi connectivity index (χ2n) is 4.69. The fraction of sp³-hybridized carbons (Fsp3) is 0.267. The Labute approximate surface area is 122 Å². The van der Waals surface area contributed by atoms with E-state index in [0.717, 1.165) is 10.9 Å². The smallest absolute Gasteiger partial charge is 0.319 e. The third kappa shape index (κ3) is 3.92. The summed E-state index contributed by atoms with van der Waals surface area (Å²) in [6, 6.07) is 8.70. The summed E-state index contributed by atoms with van der Waals surface area (Å²) in [5, 5.41) is 15.1. The van der Waals surface area contributed by atoms with Crippen molar-refractivity contribution in [3.8, 4) is 0 Å². The number of amides is 2. The normalized spacial score (nSPS) is 11.9. The molecule has 0 radical (unpaired) electrons. The predicted octanol–water partition coefficient (Wildman–Crippen LogP) is 2.47. The van der Waals surface area contributed by atoms with Crippen molar-refractivity contribution in [2.75, 3.05) is 11.9 Å². The first kappa shape index (κ1) is 14.8. The van der Waals surface area contributed by atoms with Crippen molar-refractivity contribution in [3.05, 3.63) is 36.5 Å². The van der Waals surface area contributed by atoms with Crippen molar-refractivity contribution in [1.82, 2.24) is 10.3 Å². The summed E-state index contributed by atoms with van der Waals surface area (Å²) in [5.74, 6) is -1.48. The van der Waals surface area contributed by atoms with Gasteiger partial charge in [0.2, 0.25) is 0 Å². The van der Waals surface area contributed by atoms with Crippen LogP contribution in [0.1, 0.15) is 13.3 Å². The Morgan fingerprint density at radius 3 is 2.86 bits per heavy atom. The van der Waals surface area contributed by atoms with E-state index in [1.54, 1.807) is 19.2 Å². The van der Waals surface area contributed by atoms with Crippen LogP contribution in [0.3, 0.4) is 0 Å². The number of urea groups is 1. The quantitative estimate of drug-likeness (QED) is 0.787. The Hall–Kier alpha value is -2.63. The van der Waals surface area contributed by atoms with Crippen LogP contribution in [0.15, 0.2) is 36.5 Å². The summed E-state index contributed by atoms with van der Waals surface area (Å²) in [4.78, 5) is 26.8. The van der Waals surface area contributed by atoms with Gasteiger partial charge >= 0.3 is 12.0 Å². The lowest BCUT2D eigenvalue weighted by Crippen LogP contribution is -2.35. The highest BCUT2D eigenvalue weighted by molar-refractivity contribution is 5.92. The molecule has 21 heavy (non-hydrogen) atoms. The minimum Gasteiger partial charge on any atom is -0.481 e. The number of nitrogens with one attached hydrogen (secondary N) is 2. The molecule has 6 heteroatoms. The molecule has 1 atom stereocenters. The van der Waals surface area contributed by atoms with Gasteiger partial charge in [0.1, 0.15) is 0 Å². The molecular weight excluding hydrogens is 270 g/mol. The molecule has 1 aromatic carbocycles. The molecule has 0 aliphatic carbocycles. The average molecular weight is 287 g/mol. The summed E-state index contributed by atoms with van der Waals surface area (Å²) in [7, 11) is 0. The monoisotopic (exact) mass is 287 g/mol. The number of aliphatic carboxylic acids is 1. The number of carboxylic acids is 1. The highest BCUT2D eigenvalue weighted by Crippen LogP contribution is 2.16. The second kappa shape index (κ2) is 6.69. The molecule has 3 N–H and O–H groups in total. The number of carboxylic acid groups (broad SMARTS) is 1. The van der Waals surface area contributed by atoms with Crippen LogP contribution in [0.25, 0.3) is 10.9 Å². The van der Waals surface area contributed by atoms with Gasteiger partial charge in [-0.15, -0.1) is 0 Å². The number of pyridine rings is 1. The molecule has 2 aromatic rings. The Morgan fingerprint density at radius 1 is 1.33 bits per heavy atom. The van der Waals surface area contributed by atoms with Crippen LogP contribution in [0.4, 0.5) is 10.5 Å². The molecule has 0 spiro atoms. The summed E-state index contributed by atoms with van der Waals surface area (Å²) < 4.78 is 0. The standard InChI is InChI=1S/C15H17N3O3/c1-2-10(14(19)20)9-17-15(21)18-12-5-6-13-11(8-12)4-3-7-16-13/h3-8,10H,2,9H2,1H3,(H,19,20)(H2,17,18,21). The maximum absolute atomic E-state index is 11.8. The molecule has 1 heterocycles. The van der Waals surface area contributed by atoms with Crippen molar-refractivity contribution in [1.29, 1.82) is 0 Å². The number of aromatic nitrogens is 1. The molecule has 0 aliphatic rings. The van der Waals surface area contributed by atoms with E-state index in [1.165, 1.54) is 0 Å². The number of fused-ring (bicyclic) bond motifs is 1. The summed E-state index contributed by atoms with van der Waals surface area (Å²) >= 11 is 0. The van der Waals surface area contributed by atoms with Crippen LogP contribution in [-0.4, -0.2) is 28.6 Å². The molecular formula is C15H17N3O3. The SMILES string of the molecule is CCC(CNC(=O)Nc1ccc2ncccc2c1)C(=O)O. The van der Waals surface area contributed by atoms with Crippen LogP contribution in [-0.2, 0) is 4.79 Å². The van der Waals surface area contributed by atoms with E-state index in [0.29, 0.717) is 12.1 Å². The van der Waals surface area contributed by atoms with Crippen molar-refractivity contribution in [2.24, 2.45) is 5.92 Å². The van der Waals surface area contributed by atoms with Gasteiger partial charge in [0.25, 0.3) is 0 Å². The predicted molar refractivity (Wildman–Crippen MR) is 80.2 cm³/mol. The number of rotatable bonds is 5. The number of benzene rings is 1. The fourth-order valence-electron chi connectivity index (χ4n) is 1.95. The molecule has 2 rings (SSSR count). The van der Waals surface area contributed by atoms with E-state index >= 15 is 0 Å². The average Bonchev–Trinajstić information content (AvgIpc) is 2.47.